The molecular weight excluding hydrogens is 168 g/mol. The Morgan fingerprint density at radius 2 is 2.31 bits per heavy atom. The van der Waals surface area contributed by atoms with E-state index in [0.717, 1.165) is 6.42 Å². The molecule has 4 nitrogen and oxygen atoms in total. The molecule has 0 saturated carbocycles. The van der Waals surface area contributed by atoms with Gasteiger partial charge in [0.1, 0.15) is 11.6 Å². The lowest BCUT2D eigenvalue weighted by Crippen LogP contribution is -2.27. The van der Waals surface area contributed by atoms with Crippen molar-refractivity contribution in [3.05, 3.63) is 12.2 Å². The van der Waals surface area contributed by atoms with E-state index in [1.54, 1.807) is 6.07 Å². The van der Waals surface area contributed by atoms with Crippen molar-refractivity contribution in [1.82, 2.24) is 5.32 Å². The molecule has 0 aromatic heterocycles. The summed E-state index contributed by atoms with van der Waals surface area (Å²) in [5.74, 6) is -0.428. The quantitative estimate of drug-likeness (QED) is 0.372. The van der Waals surface area contributed by atoms with Crippen molar-refractivity contribution in [3.8, 4) is 6.07 Å². The largest absolute Gasteiger partial charge is 0.380 e. The molecule has 0 aromatic rings. The van der Waals surface area contributed by atoms with Crippen LogP contribution in [0.5, 0.6) is 0 Å². The van der Waals surface area contributed by atoms with Crippen LogP contribution >= 0.6 is 0 Å². The molecule has 0 aliphatic heterocycles. The van der Waals surface area contributed by atoms with E-state index in [4.69, 9.17) is 10.00 Å². The summed E-state index contributed by atoms with van der Waals surface area (Å²) in [4.78, 5) is 10.9. The van der Waals surface area contributed by atoms with Crippen LogP contribution in [-0.2, 0) is 9.53 Å². The van der Waals surface area contributed by atoms with Crippen LogP contribution in [0.25, 0.3) is 0 Å². The molecule has 0 bridgehead atoms. The van der Waals surface area contributed by atoms with Gasteiger partial charge in [-0.25, -0.2) is 0 Å². The normalized spacial score (nSPS) is 8.92. The standard InChI is InChI=1S/C9H14N2O2/c1-3-5-13-6-4-11-9(12)8(2)7-10/h2-6H2,1H3,(H,11,12). The van der Waals surface area contributed by atoms with Crippen LogP contribution in [0.2, 0.25) is 0 Å². The molecule has 4 heteroatoms. The number of nitrogens with zero attached hydrogens (tertiary/aromatic N) is 1. The minimum Gasteiger partial charge on any atom is -0.380 e. The van der Waals surface area contributed by atoms with Crippen molar-refractivity contribution in [3.63, 3.8) is 0 Å². The van der Waals surface area contributed by atoms with E-state index >= 15 is 0 Å². The average Bonchev–Trinajstić information content (AvgIpc) is 2.16. The first-order valence-electron chi connectivity index (χ1n) is 4.17. The summed E-state index contributed by atoms with van der Waals surface area (Å²) < 4.78 is 5.12. The highest BCUT2D eigenvalue weighted by molar-refractivity contribution is 5.96. The van der Waals surface area contributed by atoms with Gasteiger partial charge in [0.05, 0.1) is 6.61 Å². The van der Waals surface area contributed by atoms with Crippen molar-refractivity contribution in [2.75, 3.05) is 19.8 Å². The predicted molar refractivity (Wildman–Crippen MR) is 48.9 cm³/mol. The number of hydrogen-bond acceptors (Lipinski definition) is 3. The molecule has 1 N–H and O–H groups in total. The molecule has 0 unspecified atom stereocenters. The summed E-state index contributed by atoms with van der Waals surface area (Å²) in [5.41, 5.74) is -0.0736. The van der Waals surface area contributed by atoms with Gasteiger partial charge in [-0.2, -0.15) is 5.26 Å². The first-order valence-corrected chi connectivity index (χ1v) is 4.17. The number of carbonyl (C=O) groups excluding carboxylic acids is 1. The highest BCUT2D eigenvalue weighted by Crippen LogP contribution is 1.85. The molecule has 0 aliphatic rings. The van der Waals surface area contributed by atoms with Crippen LogP contribution in [0.4, 0.5) is 0 Å². The first-order chi connectivity index (χ1) is 6.22. The smallest absolute Gasteiger partial charge is 0.261 e. The number of nitriles is 1. The first kappa shape index (κ1) is 11.7. The third-order valence-electron chi connectivity index (χ3n) is 1.29. The van der Waals surface area contributed by atoms with Crippen molar-refractivity contribution in [2.45, 2.75) is 13.3 Å². The Balaban J connectivity index is 3.39. The SMILES string of the molecule is C=C(C#N)C(=O)NCCOCCC. The topological polar surface area (TPSA) is 62.1 Å². The Hall–Kier alpha value is -1.34. The van der Waals surface area contributed by atoms with Crippen molar-refractivity contribution in [2.24, 2.45) is 0 Å². The Kier molecular flexibility index (Phi) is 6.56. The fourth-order valence-electron chi connectivity index (χ4n) is 0.641. The summed E-state index contributed by atoms with van der Waals surface area (Å²) in [6.45, 7) is 6.86. The lowest BCUT2D eigenvalue weighted by Gasteiger charge is -2.03. The molecule has 0 heterocycles. The van der Waals surface area contributed by atoms with Crippen LogP contribution < -0.4 is 5.32 Å². The second-order valence-corrected chi connectivity index (χ2v) is 2.46. The van der Waals surface area contributed by atoms with E-state index in [0.29, 0.717) is 19.8 Å². The monoisotopic (exact) mass is 182 g/mol. The van der Waals surface area contributed by atoms with Crippen LogP contribution in [0.1, 0.15) is 13.3 Å². The zero-order valence-electron chi connectivity index (χ0n) is 7.80. The molecule has 0 aromatic carbocycles. The second-order valence-electron chi connectivity index (χ2n) is 2.46. The van der Waals surface area contributed by atoms with Crippen LogP contribution in [-0.4, -0.2) is 25.7 Å². The molecule has 0 aliphatic carbocycles. The van der Waals surface area contributed by atoms with E-state index in [1.165, 1.54) is 0 Å². The summed E-state index contributed by atoms with van der Waals surface area (Å²) in [6.07, 6.45) is 0.957. The maximum Gasteiger partial charge on any atom is 0.261 e. The third kappa shape index (κ3) is 5.88. The number of ether oxygens (including phenoxy) is 1. The van der Waals surface area contributed by atoms with Gasteiger partial charge in [-0.1, -0.05) is 13.5 Å². The summed E-state index contributed by atoms with van der Waals surface area (Å²) in [5, 5.41) is 10.8. The lowest BCUT2D eigenvalue weighted by atomic mass is 10.3. The van der Waals surface area contributed by atoms with E-state index < -0.39 is 5.91 Å². The summed E-state index contributed by atoms with van der Waals surface area (Å²) in [6, 6.07) is 1.67. The number of amides is 1. The highest BCUT2D eigenvalue weighted by atomic mass is 16.5. The molecule has 0 atom stereocenters. The molecule has 0 spiro atoms. The molecule has 0 rings (SSSR count). The third-order valence-corrected chi connectivity index (χ3v) is 1.29. The molecule has 13 heavy (non-hydrogen) atoms. The number of hydrogen-bond donors (Lipinski definition) is 1. The van der Waals surface area contributed by atoms with Gasteiger partial charge in [-0.15, -0.1) is 0 Å². The molecule has 1 amide bonds. The fraction of sp³-hybridized carbons (Fsp3) is 0.556. The van der Waals surface area contributed by atoms with Gasteiger partial charge in [-0.3, -0.25) is 4.79 Å². The number of nitrogens with one attached hydrogen (secondary N) is 1. The van der Waals surface area contributed by atoms with Crippen LogP contribution in [0.3, 0.4) is 0 Å². The van der Waals surface area contributed by atoms with Gasteiger partial charge in [0.15, 0.2) is 0 Å². The maximum absolute atomic E-state index is 10.9. The van der Waals surface area contributed by atoms with E-state index in [1.807, 2.05) is 6.92 Å². The van der Waals surface area contributed by atoms with Gasteiger partial charge in [0, 0.05) is 13.2 Å². The minimum atomic E-state index is -0.428. The summed E-state index contributed by atoms with van der Waals surface area (Å²) in [7, 11) is 0. The Labute approximate surface area is 78.2 Å². The predicted octanol–water partition coefficient (Wildman–Crippen LogP) is 0.609. The van der Waals surface area contributed by atoms with E-state index in [2.05, 4.69) is 11.9 Å². The van der Waals surface area contributed by atoms with E-state index in [-0.39, 0.29) is 5.57 Å². The number of carbonyl (C=O) groups is 1. The van der Waals surface area contributed by atoms with Gasteiger partial charge in [0.25, 0.3) is 5.91 Å². The Morgan fingerprint density at radius 3 is 2.85 bits per heavy atom. The Morgan fingerprint density at radius 1 is 1.62 bits per heavy atom. The molecule has 0 saturated heterocycles. The molecule has 72 valence electrons. The van der Waals surface area contributed by atoms with Crippen molar-refractivity contribution < 1.29 is 9.53 Å². The van der Waals surface area contributed by atoms with Gasteiger partial charge in [-0.05, 0) is 6.42 Å². The summed E-state index contributed by atoms with van der Waals surface area (Å²) >= 11 is 0. The molecule has 0 radical (unpaired) electrons. The maximum atomic E-state index is 10.9. The van der Waals surface area contributed by atoms with Crippen LogP contribution in [0.15, 0.2) is 12.2 Å². The van der Waals surface area contributed by atoms with Gasteiger partial charge < -0.3 is 10.1 Å². The van der Waals surface area contributed by atoms with Gasteiger partial charge >= 0.3 is 0 Å². The number of rotatable bonds is 6. The molecule has 0 fully saturated rings. The zero-order valence-corrected chi connectivity index (χ0v) is 7.80. The van der Waals surface area contributed by atoms with Crippen molar-refractivity contribution >= 4 is 5.91 Å². The van der Waals surface area contributed by atoms with E-state index in [9.17, 15) is 4.79 Å². The fourth-order valence-corrected chi connectivity index (χ4v) is 0.641. The lowest BCUT2D eigenvalue weighted by molar-refractivity contribution is -0.117. The minimum absolute atomic E-state index is 0.0736. The zero-order chi connectivity index (χ0) is 10.1. The Bertz CT molecular complexity index is 218. The molecular formula is C9H14N2O2. The second kappa shape index (κ2) is 7.32. The van der Waals surface area contributed by atoms with Crippen molar-refractivity contribution in [1.29, 1.82) is 5.26 Å². The highest BCUT2D eigenvalue weighted by Gasteiger charge is 2.03. The average molecular weight is 182 g/mol. The van der Waals surface area contributed by atoms with Crippen LogP contribution in [0, 0.1) is 11.3 Å². The van der Waals surface area contributed by atoms with Gasteiger partial charge in [0.2, 0.25) is 0 Å².